The van der Waals surface area contributed by atoms with Crippen molar-refractivity contribution < 1.29 is 23.0 Å². The molecule has 0 saturated carbocycles. The normalized spacial score (nSPS) is 25.0. The number of rotatable bonds is 4. The van der Waals surface area contributed by atoms with Gasteiger partial charge in [-0.2, -0.15) is 0 Å². The minimum atomic E-state index is -1.07. The Morgan fingerprint density at radius 2 is 1.85 bits per heavy atom. The van der Waals surface area contributed by atoms with E-state index in [-0.39, 0.29) is 11.7 Å². The molecule has 0 aromatic heterocycles. The van der Waals surface area contributed by atoms with Crippen molar-refractivity contribution in [2.45, 2.75) is 25.0 Å². The molecule has 3 aliphatic rings. The van der Waals surface area contributed by atoms with Crippen LogP contribution in [0.15, 0.2) is 48.5 Å². The Balaban J connectivity index is 1.54. The smallest absolute Gasteiger partial charge is 0.429 e. The van der Waals surface area contributed by atoms with Gasteiger partial charge in [-0.1, -0.05) is 30.3 Å². The molecular formula is C21H21F2NO3. The highest BCUT2D eigenvalue weighted by molar-refractivity contribution is 5.61. The third kappa shape index (κ3) is 3.95. The molecule has 3 saturated heterocycles. The van der Waals surface area contributed by atoms with E-state index in [2.05, 4.69) is 4.90 Å². The van der Waals surface area contributed by atoms with E-state index in [0.29, 0.717) is 18.0 Å². The minimum Gasteiger partial charge on any atom is -0.429 e. The predicted molar refractivity (Wildman–Crippen MR) is 95.2 cm³/mol. The lowest BCUT2D eigenvalue weighted by Gasteiger charge is -2.43. The zero-order valence-electron chi connectivity index (χ0n) is 14.8. The van der Waals surface area contributed by atoms with Crippen LogP contribution in [-0.2, 0) is 9.47 Å². The van der Waals surface area contributed by atoms with Gasteiger partial charge in [0.25, 0.3) is 0 Å². The second kappa shape index (κ2) is 7.64. The van der Waals surface area contributed by atoms with Crippen LogP contribution in [0, 0.1) is 17.6 Å². The lowest BCUT2D eigenvalue weighted by atomic mass is 9.86. The number of carbonyl (C=O) groups excluding carboxylic acids is 1. The van der Waals surface area contributed by atoms with Gasteiger partial charge in [-0.25, -0.2) is 13.6 Å². The standard InChI is InChI=1S/C21H21F2NO3/c22-16-5-3-4-15(12-16)20(17-6-1-2-7-18(17)23)27-21(25)26-19-13-24-10-8-14(19)9-11-24/h1-7,12,14,19-20H,8-11,13H2. The summed E-state index contributed by atoms with van der Waals surface area (Å²) in [6.07, 6.45) is -0.146. The van der Waals surface area contributed by atoms with Crippen LogP contribution < -0.4 is 0 Å². The van der Waals surface area contributed by atoms with Crippen LogP contribution in [0.5, 0.6) is 0 Å². The van der Waals surface area contributed by atoms with E-state index in [1.807, 2.05) is 0 Å². The maximum absolute atomic E-state index is 14.3. The highest BCUT2D eigenvalue weighted by atomic mass is 19.1. The summed E-state index contributed by atoms with van der Waals surface area (Å²) in [6.45, 7) is 2.76. The lowest BCUT2D eigenvalue weighted by Crippen LogP contribution is -2.52. The van der Waals surface area contributed by atoms with Crippen molar-refractivity contribution in [1.29, 1.82) is 0 Å². The van der Waals surface area contributed by atoms with Crippen LogP contribution in [0.1, 0.15) is 30.1 Å². The highest BCUT2D eigenvalue weighted by Crippen LogP contribution is 2.32. The number of piperidine rings is 3. The molecule has 3 heterocycles. The van der Waals surface area contributed by atoms with E-state index >= 15 is 0 Å². The van der Waals surface area contributed by atoms with Gasteiger partial charge in [-0.3, -0.25) is 4.90 Å². The fourth-order valence-electron chi connectivity index (χ4n) is 3.96. The summed E-state index contributed by atoms with van der Waals surface area (Å²) < 4.78 is 39.0. The first-order valence-corrected chi connectivity index (χ1v) is 9.19. The van der Waals surface area contributed by atoms with Crippen LogP contribution in [0.4, 0.5) is 13.6 Å². The van der Waals surface area contributed by atoms with Gasteiger partial charge in [-0.15, -0.1) is 0 Å². The van der Waals surface area contributed by atoms with Gasteiger partial charge in [0.05, 0.1) is 0 Å². The summed E-state index contributed by atoms with van der Waals surface area (Å²) in [5, 5.41) is 0. The fourth-order valence-corrected chi connectivity index (χ4v) is 3.96. The van der Waals surface area contributed by atoms with E-state index in [9.17, 15) is 13.6 Å². The highest BCUT2D eigenvalue weighted by Gasteiger charge is 2.37. The Kier molecular flexibility index (Phi) is 5.07. The van der Waals surface area contributed by atoms with Gasteiger partial charge in [0.1, 0.15) is 17.7 Å². The molecule has 0 N–H and O–H groups in total. The molecule has 3 aliphatic heterocycles. The van der Waals surface area contributed by atoms with E-state index in [1.54, 1.807) is 18.2 Å². The first-order chi connectivity index (χ1) is 13.1. The van der Waals surface area contributed by atoms with Gasteiger partial charge in [0.2, 0.25) is 0 Å². The summed E-state index contributed by atoms with van der Waals surface area (Å²) in [7, 11) is 0. The summed E-state index contributed by atoms with van der Waals surface area (Å²) in [5.74, 6) is -0.672. The van der Waals surface area contributed by atoms with E-state index in [4.69, 9.17) is 9.47 Å². The number of carbonyl (C=O) groups is 1. The third-order valence-corrected chi connectivity index (χ3v) is 5.40. The van der Waals surface area contributed by atoms with Crippen molar-refractivity contribution in [2.24, 2.45) is 5.92 Å². The van der Waals surface area contributed by atoms with Crippen molar-refractivity contribution in [1.82, 2.24) is 4.90 Å². The third-order valence-electron chi connectivity index (χ3n) is 5.40. The molecule has 4 nitrogen and oxygen atoms in total. The SMILES string of the molecule is O=C(OC(c1cccc(F)c1)c1ccccc1F)OC1CN2CCC1CC2. The second-order valence-corrected chi connectivity index (χ2v) is 7.12. The topological polar surface area (TPSA) is 38.8 Å². The number of fused-ring (bicyclic) bond motifs is 3. The van der Waals surface area contributed by atoms with Crippen LogP contribution in [0.25, 0.3) is 0 Å². The predicted octanol–water partition coefficient (Wildman–Crippen LogP) is 4.30. The van der Waals surface area contributed by atoms with E-state index in [1.165, 1.54) is 30.3 Å². The summed E-state index contributed by atoms with van der Waals surface area (Å²) in [6, 6.07) is 11.6. The monoisotopic (exact) mass is 373 g/mol. The average Bonchev–Trinajstić information content (AvgIpc) is 2.68. The molecule has 3 fully saturated rings. The van der Waals surface area contributed by atoms with Crippen molar-refractivity contribution in [3.63, 3.8) is 0 Å². The molecule has 5 rings (SSSR count). The molecule has 27 heavy (non-hydrogen) atoms. The molecule has 0 radical (unpaired) electrons. The first kappa shape index (κ1) is 17.9. The van der Waals surface area contributed by atoms with Gasteiger partial charge in [-0.05, 0) is 50.0 Å². The molecule has 2 atom stereocenters. The van der Waals surface area contributed by atoms with Crippen molar-refractivity contribution >= 4 is 6.16 Å². The Labute approximate surface area is 156 Å². The fraction of sp³-hybridized carbons (Fsp3) is 0.381. The summed E-state index contributed by atoms with van der Waals surface area (Å²) in [4.78, 5) is 14.7. The van der Waals surface area contributed by atoms with Crippen LogP contribution in [-0.4, -0.2) is 36.8 Å². The van der Waals surface area contributed by atoms with Crippen molar-refractivity contribution in [3.8, 4) is 0 Å². The first-order valence-electron chi connectivity index (χ1n) is 9.19. The summed E-state index contributed by atoms with van der Waals surface area (Å²) in [5.41, 5.74) is 0.514. The van der Waals surface area contributed by atoms with Gasteiger partial charge in [0.15, 0.2) is 6.10 Å². The van der Waals surface area contributed by atoms with Crippen molar-refractivity contribution in [3.05, 3.63) is 71.3 Å². The molecule has 2 aromatic carbocycles. The number of nitrogens with zero attached hydrogens (tertiary/aromatic N) is 1. The van der Waals surface area contributed by atoms with Crippen molar-refractivity contribution in [2.75, 3.05) is 19.6 Å². The molecule has 6 heteroatoms. The number of halogens is 2. The Morgan fingerprint density at radius 1 is 1.07 bits per heavy atom. The number of benzene rings is 2. The van der Waals surface area contributed by atoms with Gasteiger partial charge < -0.3 is 9.47 Å². The van der Waals surface area contributed by atoms with Crippen LogP contribution >= 0.6 is 0 Å². The minimum absolute atomic E-state index is 0.161. The zero-order valence-corrected chi connectivity index (χ0v) is 14.8. The second-order valence-electron chi connectivity index (χ2n) is 7.12. The quantitative estimate of drug-likeness (QED) is 0.749. The number of hydrogen-bond acceptors (Lipinski definition) is 4. The number of hydrogen-bond donors (Lipinski definition) is 0. The molecule has 0 aliphatic carbocycles. The molecule has 2 aromatic rings. The molecule has 0 spiro atoms. The van der Waals surface area contributed by atoms with Crippen LogP contribution in [0.2, 0.25) is 0 Å². The summed E-state index contributed by atoms with van der Waals surface area (Å²) >= 11 is 0. The molecule has 2 unspecified atom stereocenters. The molecule has 0 amide bonds. The van der Waals surface area contributed by atoms with Gasteiger partial charge >= 0.3 is 6.16 Å². The lowest BCUT2D eigenvalue weighted by molar-refractivity contribution is -0.0644. The maximum atomic E-state index is 14.3. The number of ether oxygens (including phenoxy) is 2. The van der Waals surface area contributed by atoms with Crippen LogP contribution in [0.3, 0.4) is 0 Å². The Bertz CT molecular complexity index is 821. The molecule has 142 valence electrons. The van der Waals surface area contributed by atoms with E-state index < -0.39 is 23.9 Å². The molecule has 2 bridgehead atoms. The zero-order chi connectivity index (χ0) is 18.8. The van der Waals surface area contributed by atoms with Gasteiger partial charge in [0, 0.05) is 17.7 Å². The average molecular weight is 373 g/mol. The Hall–Kier alpha value is -2.47. The molecular weight excluding hydrogens is 352 g/mol. The Morgan fingerprint density at radius 3 is 2.52 bits per heavy atom. The maximum Gasteiger partial charge on any atom is 0.509 e. The largest absolute Gasteiger partial charge is 0.509 e. The van der Waals surface area contributed by atoms with E-state index in [0.717, 1.165) is 25.9 Å².